The maximum atomic E-state index is 13.5. The first-order chi connectivity index (χ1) is 16.4. The lowest BCUT2D eigenvalue weighted by Crippen LogP contribution is -2.38. The number of carbonyl (C=O) groups excluding carboxylic acids is 2. The zero-order valence-corrected chi connectivity index (χ0v) is 20.9. The smallest absolute Gasteiger partial charge is 0.338 e. The van der Waals surface area contributed by atoms with Gasteiger partial charge in [0.2, 0.25) is 11.6 Å². The number of ether oxygens (including phenoxy) is 1. The third-order valence-electron chi connectivity index (χ3n) is 5.79. The van der Waals surface area contributed by atoms with Crippen LogP contribution in [0.15, 0.2) is 65.3 Å². The molecule has 8 heteroatoms. The Labute approximate surface area is 211 Å². The summed E-state index contributed by atoms with van der Waals surface area (Å²) in [5, 5.41) is 16.5. The normalized spacial score (nSPS) is 13.9. The van der Waals surface area contributed by atoms with Crippen LogP contribution in [0.25, 0.3) is 11.1 Å². The Morgan fingerprint density at radius 3 is 2.59 bits per heavy atom. The van der Waals surface area contributed by atoms with Crippen LogP contribution in [0.3, 0.4) is 0 Å². The van der Waals surface area contributed by atoms with E-state index >= 15 is 0 Å². The van der Waals surface area contributed by atoms with Gasteiger partial charge in [-0.1, -0.05) is 40.4 Å². The van der Waals surface area contributed by atoms with Crippen LogP contribution < -0.4 is 10.0 Å². The minimum absolute atomic E-state index is 0.272. The van der Waals surface area contributed by atoms with Gasteiger partial charge in [0, 0.05) is 26.8 Å². The summed E-state index contributed by atoms with van der Waals surface area (Å²) in [6.07, 6.45) is 4.07. The summed E-state index contributed by atoms with van der Waals surface area (Å²) in [6.45, 7) is 2.03. The van der Waals surface area contributed by atoms with E-state index in [0.717, 1.165) is 27.6 Å². The Balaban J connectivity index is 1.67. The van der Waals surface area contributed by atoms with Crippen LogP contribution in [-0.2, 0) is 9.53 Å². The Morgan fingerprint density at radius 1 is 1.18 bits per heavy atom. The fraction of sp³-hybridized carbons (Fsp3) is 0.269. The molecular weight excluding hydrogens is 520 g/mol. The van der Waals surface area contributed by atoms with Crippen LogP contribution in [0.4, 0.5) is 5.69 Å². The number of pyridine rings is 1. The number of benzene rings is 2. The molecule has 0 bridgehead atoms. The van der Waals surface area contributed by atoms with Gasteiger partial charge in [0.05, 0.1) is 17.7 Å². The van der Waals surface area contributed by atoms with Gasteiger partial charge in [0.15, 0.2) is 6.20 Å². The van der Waals surface area contributed by atoms with Gasteiger partial charge in [-0.2, -0.15) is 4.73 Å². The summed E-state index contributed by atoms with van der Waals surface area (Å²) in [7, 11) is 0. The second-order valence-electron chi connectivity index (χ2n) is 8.28. The van der Waals surface area contributed by atoms with Gasteiger partial charge in [-0.05, 0) is 67.8 Å². The highest BCUT2D eigenvalue weighted by atomic mass is 79.9. The van der Waals surface area contributed by atoms with Gasteiger partial charge >= 0.3 is 5.97 Å². The van der Waals surface area contributed by atoms with Crippen LogP contribution in [0.2, 0.25) is 5.02 Å². The van der Waals surface area contributed by atoms with Crippen molar-refractivity contribution in [3.8, 4) is 11.1 Å². The standard InChI is InChI=1S/C26H24BrClN2O4/c1-2-34-26(32)17-7-10-19(11-8-17)29-25(31)22(14-16-5-6-16)24-20(4-3-13-30(24)33)21-15-18(28)9-12-23(21)27/h3-4,7-13,15-16,22H,2,5-6,14H2,1H3,(H,29,31). The van der Waals surface area contributed by atoms with Gasteiger partial charge in [-0.3, -0.25) is 4.79 Å². The molecule has 1 saturated carbocycles. The van der Waals surface area contributed by atoms with Crippen LogP contribution in [0, 0.1) is 11.1 Å². The zero-order valence-electron chi connectivity index (χ0n) is 18.6. The summed E-state index contributed by atoms with van der Waals surface area (Å²) in [4.78, 5) is 25.4. The summed E-state index contributed by atoms with van der Waals surface area (Å²) in [6, 6.07) is 15.4. The molecule has 1 heterocycles. The minimum Gasteiger partial charge on any atom is -0.618 e. The number of rotatable bonds is 8. The molecule has 1 amide bonds. The molecule has 34 heavy (non-hydrogen) atoms. The molecular formula is C26H24BrClN2O4. The molecule has 1 fully saturated rings. The van der Waals surface area contributed by atoms with E-state index in [1.165, 1.54) is 6.20 Å². The van der Waals surface area contributed by atoms with Crippen molar-refractivity contribution in [1.29, 1.82) is 0 Å². The molecule has 1 aliphatic carbocycles. The number of hydrogen-bond donors (Lipinski definition) is 1. The Bertz CT molecular complexity index is 1210. The topological polar surface area (TPSA) is 82.3 Å². The number of nitrogens with zero attached hydrogens (tertiary/aromatic N) is 1. The molecule has 4 rings (SSSR count). The fourth-order valence-corrected chi connectivity index (χ4v) is 4.57. The average molecular weight is 544 g/mol. The van der Waals surface area contributed by atoms with Crippen molar-refractivity contribution < 1.29 is 19.1 Å². The maximum Gasteiger partial charge on any atom is 0.338 e. The highest BCUT2D eigenvalue weighted by molar-refractivity contribution is 9.10. The minimum atomic E-state index is -0.656. The highest BCUT2D eigenvalue weighted by Crippen LogP contribution is 2.42. The van der Waals surface area contributed by atoms with E-state index in [1.807, 2.05) is 12.1 Å². The molecule has 1 N–H and O–H groups in total. The van der Waals surface area contributed by atoms with Crippen molar-refractivity contribution in [1.82, 2.24) is 0 Å². The quantitative estimate of drug-likeness (QED) is 0.211. The number of nitrogens with one attached hydrogen (secondary N) is 1. The second-order valence-corrected chi connectivity index (χ2v) is 9.57. The average Bonchev–Trinajstić information content (AvgIpc) is 3.64. The van der Waals surface area contributed by atoms with Gasteiger partial charge in [-0.15, -0.1) is 0 Å². The second kappa shape index (κ2) is 10.6. The van der Waals surface area contributed by atoms with Crippen LogP contribution in [-0.4, -0.2) is 18.5 Å². The number of esters is 1. The molecule has 0 spiro atoms. The highest BCUT2D eigenvalue weighted by Gasteiger charge is 2.37. The van der Waals surface area contributed by atoms with Crippen molar-refractivity contribution in [2.75, 3.05) is 11.9 Å². The molecule has 1 aromatic heterocycles. The molecule has 1 atom stereocenters. The number of aromatic nitrogens is 1. The van der Waals surface area contributed by atoms with E-state index in [2.05, 4.69) is 21.2 Å². The Kier molecular flexibility index (Phi) is 7.54. The molecule has 0 aliphatic heterocycles. The molecule has 1 unspecified atom stereocenters. The van der Waals surface area contributed by atoms with E-state index in [4.69, 9.17) is 16.3 Å². The summed E-state index contributed by atoms with van der Waals surface area (Å²) in [5.74, 6) is -0.944. The zero-order chi connectivity index (χ0) is 24.2. The SMILES string of the molecule is CCOC(=O)c1ccc(NC(=O)C(CC2CC2)c2c(-c3cc(Cl)ccc3Br)ccc[n+]2[O-])cc1. The molecule has 0 saturated heterocycles. The van der Waals surface area contributed by atoms with E-state index in [1.54, 1.807) is 49.4 Å². The van der Waals surface area contributed by atoms with Crippen LogP contribution >= 0.6 is 27.5 Å². The van der Waals surface area contributed by atoms with Crippen molar-refractivity contribution in [2.45, 2.75) is 32.1 Å². The Morgan fingerprint density at radius 2 is 1.91 bits per heavy atom. The number of halogens is 2. The number of hydrogen-bond acceptors (Lipinski definition) is 4. The molecule has 176 valence electrons. The van der Waals surface area contributed by atoms with Crippen molar-refractivity contribution in [2.24, 2.45) is 5.92 Å². The number of anilines is 1. The predicted octanol–water partition coefficient (Wildman–Crippen LogP) is 6.10. The van der Waals surface area contributed by atoms with Gasteiger partial charge in [-0.25, -0.2) is 4.79 Å². The maximum absolute atomic E-state index is 13.5. The van der Waals surface area contributed by atoms with E-state index in [0.29, 0.717) is 39.9 Å². The monoisotopic (exact) mass is 542 g/mol. The van der Waals surface area contributed by atoms with Gasteiger partial charge in [0.1, 0.15) is 5.92 Å². The molecule has 1 aliphatic rings. The lowest BCUT2D eigenvalue weighted by molar-refractivity contribution is -0.614. The van der Waals surface area contributed by atoms with Crippen LogP contribution in [0.5, 0.6) is 0 Å². The largest absolute Gasteiger partial charge is 0.618 e. The van der Waals surface area contributed by atoms with E-state index < -0.39 is 11.9 Å². The van der Waals surface area contributed by atoms with Crippen molar-refractivity contribution in [3.05, 3.63) is 86.8 Å². The first-order valence-electron chi connectivity index (χ1n) is 11.1. The van der Waals surface area contributed by atoms with E-state index in [-0.39, 0.29) is 12.5 Å². The molecule has 0 radical (unpaired) electrons. The summed E-state index contributed by atoms with van der Waals surface area (Å²) < 4.78 is 6.56. The van der Waals surface area contributed by atoms with Crippen molar-refractivity contribution in [3.63, 3.8) is 0 Å². The third-order valence-corrected chi connectivity index (χ3v) is 6.72. The van der Waals surface area contributed by atoms with E-state index in [9.17, 15) is 14.8 Å². The first kappa shape index (κ1) is 24.2. The molecule has 3 aromatic rings. The first-order valence-corrected chi connectivity index (χ1v) is 12.3. The van der Waals surface area contributed by atoms with Gasteiger partial charge < -0.3 is 15.3 Å². The summed E-state index contributed by atoms with van der Waals surface area (Å²) in [5.41, 5.74) is 2.74. The number of amides is 1. The van der Waals surface area contributed by atoms with Crippen LogP contribution in [0.1, 0.15) is 48.2 Å². The lowest BCUT2D eigenvalue weighted by Gasteiger charge is -2.20. The van der Waals surface area contributed by atoms with Crippen molar-refractivity contribution >= 4 is 45.1 Å². The van der Waals surface area contributed by atoms with Gasteiger partial charge in [0.25, 0.3) is 0 Å². The third kappa shape index (κ3) is 5.59. The Hall–Kier alpha value is -2.90. The fourth-order valence-electron chi connectivity index (χ4n) is 3.94. The lowest BCUT2D eigenvalue weighted by atomic mass is 9.90. The molecule has 6 nitrogen and oxygen atoms in total. The molecule has 2 aromatic carbocycles. The summed E-state index contributed by atoms with van der Waals surface area (Å²) >= 11 is 9.79. The predicted molar refractivity (Wildman–Crippen MR) is 135 cm³/mol. The number of carbonyl (C=O) groups is 2.